The number of nitrogens with one attached hydrogen (secondary N) is 1. The maximum absolute atomic E-state index is 13.2. The molecule has 25 heavy (non-hydrogen) atoms. The minimum Gasteiger partial charge on any atom is -0.497 e. The van der Waals surface area contributed by atoms with Crippen molar-refractivity contribution < 1.29 is 13.9 Å². The SMILES string of the molecule is COc1cccc(NC(=O)c2cnc(SC)n2-c2ccc(F)cc2)c1. The molecule has 0 unspecified atom stereocenters. The Balaban J connectivity index is 1.95. The van der Waals surface area contributed by atoms with Gasteiger partial charge in [-0.05, 0) is 42.7 Å². The lowest BCUT2D eigenvalue weighted by molar-refractivity contribution is 0.102. The number of ether oxygens (including phenoxy) is 1. The summed E-state index contributed by atoms with van der Waals surface area (Å²) in [6, 6.07) is 13.0. The first-order chi connectivity index (χ1) is 12.1. The molecule has 5 nitrogen and oxygen atoms in total. The van der Waals surface area contributed by atoms with Crippen LogP contribution in [0.2, 0.25) is 0 Å². The van der Waals surface area contributed by atoms with E-state index >= 15 is 0 Å². The summed E-state index contributed by atoms with van der Waals surface area (Å²) in [6.45, 7) is 0. The Morgan fingerprint density at radius 2 is 2.00 bits per heavy atom. The number of carbonyl (C=O) groups is 1. The zero-order chi connectivity index (χ0) is 17.8. The van der Waals surface area contributed by atoms with Crippen molar-refractivity contribution in [3.63, 3.8) is 0 Å². The van der Waals surface area contributed by atoms with Crippen molar-refractivity contribution in [2.75, 3.05) is 18.7 Å². The molecule has 3 rings (SSSR count). The van der Waals surface area contributed by atoms with E-state index in [-0.39, 0.29) is 11.7 Å². The van der Waals surface area contributed by atoms with Gasteiger partial charge in [0.05, 0.1) is 13.3 Å². The van der Waals surface area contributed by atoms with Crippen LogP contribution in [0, 0.1) is 5.82 Å². The smallest absolute Gasteiger partial charge is 0.274 e. The highest BCUT2D eigenvalue weighted by Crippen LogP contribution is 2.23. The summed E-state index contributed by atoms with van der Waals surface area (Å²) in [5.74, 6) is -0.00280. The lowest BCUT2D eigenvalue weighted by Gasteiger charge is -2.11. The number of methoxy groups -OCH3 is 1. The molecule has 0 saturated carbocycles. The summed E-state index contributed by atoms with van der Waals surface area (Å²) >= 11 is 1.40. The van der Waals surface area contributed by atoms with E-state index in [9.17, 15) is 9.18 Å². The molecule has 1 aromatic heterocycles. The zero-order valence-corrected chi connectivity index (χ0v) is 14.5. The maximum atomic E-state index is 13.2. The van der Waals surface area contributed by atoms with Crippen LogP contribution in [0.25, 0.3) is 5.69 Å². The molecule has 0 radical (unpaired) electrons. The Kier molecular flexibility index (Phi) is 5.04. The quantitative estimate of drug-likeness (QED) is 0.702. The van der Waals surface area contributed by atoms with Gasteiger partial charge in [-0.2, -0.15) is 0 Å². The molecule has 128 valence electrons. The average molecular weight is 357 g/mol. The van der Waals surface area contributed by atoms with Gasteiger partial charge in [0.15, 0.2) is 5.16 Å². The number of anilines is 1. The van der Waals surface area contributed by atoms with Crippen LogP contribution < -0.4 is 10.1 Å². The fourth-order valence-electron chi connectivity index (χ4n) is 2.37. The monoisotopic (exact) mass is 357 g/mol. The van der Waals surface area contributed by atoms with Crippen molar-refractivity contribution in [3.8, 4) is 11.4 Å². The van der Waals surface area contributed by atoms with Gasteiger partial charge in [-0.15, -0.1) is 0 Å². The largest absolute Gasteiger partial charge is 0.497 e. The molecule has 1 amide bonds. The summed E-state index contributed by atoms with van der Waals surface area (Å²) < 4.78 is 20.1. The van der Waals surface area contributed by atoms with Crippen molar-refractivity contribution in [1.29, 1.82) is 0 Å². The van der Waals surface area contributed by atoms with Crippen molar-refractivity contribution in [3.05, 3.63) is 66.2 Å². The lowest BCUT2D eigenvalue weighted by atomic mass is 10.2. The molecule has 2 aromatic carbocycles. The fraction of sp³-hybridized carbons (Fsp3) is 0.111. The topological polar surface area (TPSA) is 56.1 Å². The zero-order valence-electron chi connectivity index (χ0n) is 13.7. The highest BCUT2D eigenvalue weighted by atomic mass is 32.2. The third-order valence-corrected chi connectivity index (χ3v) is 4.21. The van der Waals surface area contributed by atoms with Crippen molar-refractivity contribution in [2.24, 2.45) is 0 Å². The normalized spacial score (nSPS) is 10.5. The predicted octanol–water partition coefficient (Wildman–Crippen LogP) is 3.99. The second-order valence-electron chi connectivity index (χ2n) is 5.13. The number of halogens is 1. The third kappa shape index (κ3) is 3.66. The highest BCUT2D eigenvalue weighted by molar-refractivity contribution is 7.98. The lowest BCUT2D eigenvalue weighted by Crippen LogP contribution is -2.16. The highest BCUT2D eigenvalue weighted by Gasteiger charge is 2.18. The molecule has 1 N–H and O–H groups in total. The number of thioether (sulfide) groups is 1. The minimum atomic E-state index is -0.336. The Bertz CT molecular complexity index is 894. The van der Waals surface area contributed by atoms with E-state index < -0.39 is 0 Å². The second-order valence-corrected chi connectivity index (χ2v) is 5.90. The molecule has 7 heteroatoms. The van der Waals surface area contributed by atoms with Crippen LogP contribution in [0.5, 0.6) is 5.75 Å². The van der Waals surface area contributed by atoms with Crippen LogP contribution in [0.4, 0.5) is 10.1 Å². The van der Waals surface area contributed by atoms with Gasteiger partial charge >= 0.3 is 0 Å². The molecule has 0 bridgehead atoms. The van der Waals surface area contributed by atoms with Gasteiger partial charge in [-0.25, -0.2) is 9.37 Å². The summed E-state index contributed by atoms with van der Waals surface area (Å²) in [5, 5.41) is 3.47. The standard InChI is InChI=1S/C18H16FN3O2S/c1-24-15-5-3-4-13(10-15)21-17(23)16-11-20-18(25-2)22(16)14-8-6-12(19)7-9-14/h3-11H,1-2H3,(H,21,23). The number of benzene rings is 2. The Morgan fingerprint density at radius 3 is 2.68 bits per heavy atom. The van der Waals surface area contributed by atoms with E-state index in [0.29, 0.717) is 28.0 Å². The van der Waals surface area contributed by atoms with Gasteiger partial charge in [-0.1, -0.05) is 17.8 Å². The summed E-state index contributed by atoms with van der Waals surface area (Å²) in [6.07, 6.45) is 3.37. The minimum absolute atomic E-state index is 0.314. The van der Waals surface area contributed by atoms with Gasteiger partial charge in [0, 0.05) is 17.4 Å². The molecule has 3 aromatic rings. The molecule has 0 fully saturated rings. The molecule has 0 spiro atoms. The number of amides is 1. The first-order valence-corrected chi connectivity index (χ1v) is 8.68. The first kappa shape index (κ1) is 17.0. The first-order valence-electron chi connectivity index (χ1n) is 7.45. The predicted molar refractivity (Wildman–Crippen MR) is 96.3 cm³/mol. The van der Waals surface area contributed by atoms with Crippen molar-refractivity contribution >= 4 is 23.4 Å². The van der Waals surface area contributed by atoms with Crippen LogP contribution in [0.15, 0.2) is 59.9 Å². The maximum Gasteiger partial charge on any atom is 0.274 e. The van der Waals surface area contributed by atoms with E-state index in [1.807, 2.05) is 6.26 Å². The van der Waals surface area contributed by atoms with Crippen LogP contribution >= 0.6 is 11.8 Å². The molecule has 0 aliphatic heterocycles. The molecule has 0 saturated heterocycles. The van der Waals surface area contributed by atoms with Gasteiger partial charge in [0.25, 0.3) is 5.91 Å². The van der Waals surface area contributed by atoms with E-state index in [0.717, 1.165) is 0 Å². The third-order valence-electron chi connectivity index (χ3n) is 3.56. The van der Waals surface area contributed by atoms with Crippen LogP contribution in [0.1, 0.15) is 10.5 Å². The fourth-order valence-corrected chi connectivity index (χ4v) is 2.92. The Morgan fingerprint density at radius 1 is 1.24 bits per heavy atom. The number of carbonyl (C=O) groups excluding carboxylic acids is 1. The van der Waals surface area contributed by atoms with E-state index in [1.54, 1.807) is 48.1 Å². The van der Waals surface area contributed by atoms with Gasteiger partial charge in [0.2, 0.25) is 0 Å². The summed E-state index contributed by atoms with van der Waals surface area (Å²) in [4.78, 5) is 17.0. The molecule has 0 atom stereocenters. The summed E-state index contributed by atoms with van der Waals surface area (Å²) in [7, 11) is 1.56. The number of hydrogen-bond donors (Lipinski definition) is 1. The molecular formula is C18H16FN3O2S. The van der Waals surface area contributed by atoms with Gasteiger partial charge in [-0.3, -0.25) is 9.36 Å². The van der Waals surface area contributed by atoms with E-state index in [2.05, 4.69) is 10.3 Å². The van der Waals surface area contributed by atoms with E-state index in [4.69, 9.17) is 4.74 Å². The number of hydrogen-bond acceptors (Lipinski definition) is 4. The number of aromatic nitrogens is 2. The Hall–Kier alpha value is -2.80. The van der Waals surface area contributed by atoms with Crippen LogP contribution in [-0.2, 0) is 0 Å². The van der Waals surface area contributed by atoms with Crippen molar-refractivity contribution in [2.45, 2.75) is 5.16 Å². The molecule has 1 heterocycles. The van der Waals surface area contributed by atoms with Gasteiger partial charge in [0.1, 0.15) is 17.3 Å². The number of rotatable bonds is 5. The molecular weight excluding hydrogens is 341 g/mol. The average Bonchev–Trinajstić information content (AvgIpc) is 3.06. The van der Waals surface area contributed by atoms with Crippen LogP contribution in [0.3, 0.4) is 0 Å². The van der Waals surface area contributed by atoms with Crippen LogP contribution in [-0.4, -0.2) is 28.8 Å². The Labute approximate surface area is 148 Å². The second kappa shape index (κ2) is 7.40. The number of nitrogens with zero attached hydrogens (tertiary/aromatic N) is 2. The van der Waals surface area contributed by atoms with E-state index in [1.165, 1.54) is 30.1 Å². The van der Waals surface area contributed by atoms with Crippen molar-refractivity contribution in [1.82, 2.24) is 9.55 Å². The molecule has 0 aliphatic carbocycles. The summed E-state index contributed by atoms with van der Waals surface area (Å²) in [5.41, 5.74) is 1.64. The number of imidazole rings is 1. The molecule has 0 aliphatic rings. The van der Waals surface area contributed by atoms with Gasteiger partial charge < -0.3 is 10.1 Å².